The van der Waals surface area contributed by atoms with Crippen molar-refractivity contribution in [2.75, 3.05) is 20.4 Å². The Bertz CT molecular complexity index is 405. The molecule has 1 aromatic carbocycles. The van der Waals surface area contributed by atoms with Crippen LogP contribution in [0.25, 0.3) is 0 Å². The molecule has 0 aliphatic carbocycles. The molecule has 0 unspecified atom stereocenters. The second kappa shape index (κ2) is 3.12. The van der Waals surface area contributed by atoms with Crippen LogP contribution < -0.4 is 9.47 Å². The molecular formula is C11H13NO3. The van der Waals surface area contributed by atoms with E-state index in [0.717, 1.165) is 35.6 Å². The van der Waals surface area contributed by atoms with Gasteiger partial charge in [-0.3, -0.25) is 4.90 Å². The number of aliphatic hydroxyl groups excluding tert-OH is 1. The van der Waals surface area contributed by atoms with Crippen LogP contribution in [0.1, 0.15) is 17.4 Å². The molecule has 2 heterocycles. The topological polar surface area (TPSA) is 41.9 Å². The minimum atomic E-state index is -0.525. The molecule has 3 rings (SSSR count). The molecule has 0 spiro atoms. The number of benzene rings is 1. The highest BCUT2D eigenvalue weighted by Crippen LogP contribution is 2.39. The highest BCUT2D eigenvalue weighted by Gasteiger charge is 2.26. The van der Waals surface area contributed by atoms with Crippen LogP contribution in [0.3, 0.4) is 0 Å². The maximum atomic E-state index is 9.99. The van der Waals surface area contributed by atoms with Gasteiger partial charge in [-0.1, -0.05) is 0 Å². The first-order chi connectivity index (χ1) is 7.25. The van der Waals surface area contributed by atoms with Crippen LogP contribution in [-0.4, -0.2) is 30.4 Å². The van der Waals surface area contributed by atoms with Gasteiger partial charge in [0.1, 0.15) is 6.23 Å². The molecular weight excluding hydrogens is 194 g/mol. The molecule has 0 bridgehead atoms. The van der Waals surface area contributed by atoms with Crippen molar-refractivity contribution in [3.8, 4) is 11.5 Å². The summed E-state index contributed by atoms with van der Waals surface area (Å²) in [7, 11) is 1.91. The lowest BCUT2D eigenvalue weighted by Gasteiger charge is -2.30. The van der Waals surface area contributed by atoms with Crippen LogP contribution in [0.5, 0.6) is 11.5 Å². The van der Waals surface area contributed by atoms with Gasteiger partial charge in [-0.2, -0.15) is 0 Å². The highest BCUT2D eigenvalue weighted by atomic mass is 16.7. The number of nitrogens with zero attached hydrogens (tertiary/aromatic N) is 1. The van der Waals surface area contributed by atoms with E-state index in [9.17, 15) is 5.11 Å². The minimum absolute atomic E-state index is 0.282. The van der Waals surface area contributed by atoms with Gasteiger partial charge in [0.25, 0.3) is 0 Å². The van der Waals surface area contributed by atoms with E-state index in [1.54, 1.807) is 0 Å². The zero-order valence-corrected chi connectivity index (χ0v) is 8.56. The van der Waals surface area contributed by atoms with Gasteiger partial charge < -0.3 is 14.6 Å². The Hall–Kier alpha value is -1.26. The van der Waals surface area contributed by atoms with Crippen LogP contribution in [0.15, 0.2) is 12.1 Å². The molecule has 0 amide bonds. The number of ether oxygens (including phenoxy) is 2. The van der Waals surface area contributed by atoms with Crippen LogP contribution >= 0.6 is 0 Å². The van der Waals surface area contributed by atoms with Gasteiger partial charge in [-0.15, -0.1) is 0 Å². The maximum absolute atomic E-state index is 9.99. The molecule has 4 nitrogen and oxygen atoms in total. The van der Waals surface area contributed by atoms with Gasteiger partial charge in [-0.05, 0) is 31.2 Å². The van der Waals surface area contributed by atoms with Crippen molar-refractivity contribution >= 4 is 0 Å². The van der Waals surface area contributed by atoms with Crippen molar-refractivity contribution in [2.45, 2.75) is 12.6 Å². The smallest absolute Gasteiger partial charge is 0.231 e. The summed E-state index contributed by atoms with van der Waals surface area (Å²) >= 11 is 0. The largest absolute Gasteiger partial charge is 0.454 e. The third-order valence-electron chi connectivity index (χ3n) is 3.06. The summed E-state index contributed by atoms with van der Waals surface area (Å²) in [6, 6.07) is 3.87. The van der Waals surface area contributed by atoms with Gasteiger partial charge in [0.05, 0.1) is 0 Å². The molecule has 0 fully saturated rings. The number of aliphatic hydroxyl groups is 1. The van der Waals surface area contributed by atoms with Crippen molar-refractivity contribution in [1.82, 2.24) is 4.90 Å². The fourth-order valence-corrected chi connectivity index (χ4v) is 2.11. The van der Waals surface area contributed by atoms with Gasteiger partial charge in [0.2, 0.25) is 6.79 Å². The molecule has 4 heteroatoms. The lowest BCUT2D eigenvalue weighted by molar-refractivity contribution is 0.0127. The monoisotopic (exact) mass is 207 g/mol. The van der Waals surface area contributed by atoms with Crippen LogP contribution in [0, 0.1) is 0 Å². The van der Waals surface area contributed by atoms with Gasteiger partial charge in [0, 0.05) is 12.1 Å². The number of rotatable bonds is 0. The summed E-state index contributed by atoms with van der Waals surface area (Å²) < 4.78 is 10.6. The van der Waals surface area contributed by atoms with Crippen molar-refractivity contribution in [3.05, 3.63) is 23.3 Å². The molecule has 0 saturated carbocycles. The molecule has 15 heavy (non-hydrogen) atoms. The fourth-order valence-electron chi connectivity index (χ4n) is 2.11. The summed E-state index contributed by atoms with van der Waals surface area (Å²) in [5.74, 6) is 1.54. The predicted octanol–water partition coefficient (Wildman–Crippen LogP) is 0.894. The Labute approximate surface area is 88.0 Å². The average Bonchev–Trinajstić information content (AvgIpc) is 2.68. The van der Waals surface area contributed by atoms with E-state index in [1.807, 2.05) is 24.1 Å². The zero-order chi connectivity index (χ0) is 10.4. The van der Waals surface area contributed by atoms with E-state index in [1.165, 1.54) is 0 Å². The van der Waals surface area contributed by atoms with Crippen LogP contribution in [-0.2, 0) is 6.42 Å². The Morgan fingerprint density at radius 2 is 2.07 bits per heavy atom. The number of fused-ring (bicyclic) bond motifs is 2. The molecule has 0 aromatic heterocycles. The second-order valence-electron chi connectivity index (χ2n) is 4.01. The van der Waals surface area contributed by atoms with E-state index in [2.05, 4.69) is 0 Å². The fraction of sp³-hybridized carbons (Fsp3) is 0.455. The van der Waals surface area contributed by atoms with E-state index >= 15 is 0 Å². The number of likely N-dealkylation sites (N-methyl/N-ethyl adjacent to an activating group) is 1. The SMILES string of the molecule is CN1CCc2cc3c(cc2[C@@H]1O)OCO3. The van der Waals surface area contributed by atoms with Crippen molar-refractivity contribution < 1.29 is 14.6 Å². The second-order valence-corrected chi connectivity index (χ2v) is 4.01. The molecule has 1 aromatic rings. The highest BCUT2D eigenvalue weighted by molar-refractivity contribution is 5.50. The van der Waals surface area contributed by atoms with E-state index < -0.39 is 6.23 Å². The Morgan fingerprint density at radius 1 is 1.33 bits per heavy atom. The Kier molecular flexibility index (Phi) is 1.87. The third kappa shape index (κ3) is 1.29. The van der Waals surface area contributed by atoms with E-state index in [0.29, 0.717) is 0 Å². The molecule has 2 aliphatic heterocycles. The van der Waals surface area contributed by atoms with E-state index in [-0.39, 0.29) is 6.79 Å². The summed E-state index contributed by atoms with van der Waals surface area (Å²) in [5, 5.41) is 9.99. The Balaban J connectivity index is 2.10. The first-order valence-electron chi connectivity index (χ1n) is 5.06. The number of hydrogen-bond donors (Lipinski definition) is 1. The quantitative estimate of drug-likeness (QED) is 0.686. The first-order valence-corrected chi connectivity index (χ1v) is 5.06. The average molecular weight is 207 g/mol. The third-order valence-corrected chi connectivity index (χ3v) is 3.06. The van der Waals surface area contributed by atoms with Gasteiger partial charge in [0.15, 0.2) is 11.5 Å². The molecule has 0 saturated heterocycles. The molecule has 1 N–H and O–H groups in total. The van der Waals surface area contributed by atoms with Crippen molar-refractivity contribution in [2.24, 2.45) is 0 Å². The molecule has 0 radical (unpaired) electrons. The summed E-state index contributed by atoms with van der Waals surface area (Å²) in [6.07, 6.45) is 0.419. The molecule has 80 valence electrons. The maximum Gasteiger partial charge on any atom is 0.231 e. The number of hydrogen-bond acceptors (Lipinski definition) is 4. The molecule has 2 aliphatic rings. The van der Waals surface area contributed by atoms with Gasteiger partial charge >= 0.3 is 0 Å². The summed E-state index contributed by atoms with van der Waals surface area (Å²) in [5.41, 5.74) is 2.10. The lowest BCUT2D eigenvalue weighted by atomic mass is 9.98. The van der Waals surface area contributed by atoms with Crippen LogP contribution in [0.2, 0.25) is 0 Å². The van der Waals surface area contributed by atoms with Crippen molar-refractivity contribution in [3.63, 3.8) is 0 Å². The molecule has 1 atom stereocenters. The zero-order valence-electron chi connectivity index (χ0n) is 8.56. The van der Waals surface area contributed by atoms with E-state index in [4.69, 9.17) is 9.47 Å². The standard InChI is InChI=1S/C11H13NO3/c1-12-3-2-7-4-9-10(15-6-14-9)5-8(7)11(12)13/h4-5,11,13H,2-3,6H2,1H3/t11-/m0/s1. The van der Waals surface area contributed by atoms with Gasteiger partial charge in [-0.25, -0.2) is 0 Å². The minimum Gasteiger partial charge on any atom is -0.454 e. The Morgan fingerprint density at radius 3 is 2.87 bits per heavy atom. The first kappa shape index (κ1) is 9.00. The lowest BCUT2D eigenvalue weighted by Crippen LogP contribution is -2.31. The van der Waals surface area contributed by atoms with Crippen LogP contribution in [0.4, 0.5) is 0 Å². The van der Waals surface area contributed by atoms with Crippen molar-refractivity contribution in [1.29, 1.82) is 0 Å². The summed E-state index contributed by atoms with van der Waals surface area (Å²) in [4.78, 5) is 1.92. The predicted molar refractivity (Wildman–Crippen MR) is 53.9 cm³/mol. The normalized spacial score (nSPS) is 24.0. The summed E-state index contributed by atoms with van der Waals surface area (Å²) in [6.45, 7) is 1.15.